The standard InChI is InChI=1S/C14H18FN3O/c1-3-18-9-17-7-11(18)8-19-12-4-5-13(10(2)16)14(15)6-12/h4-7,9-10H,3,8,16H2,1-2H3/t10-/m0/s1. The summed E-state index contributed by atoms with van der Waals surface area (Å²) in [4.78, 5) is 4.05. The lowest BCUT2D eigenvalue weighted by molar-refractivity contribution is 0.293. The van der Waals surface area contributed by atoms with Gasteiger partial charge in [-0.1, -0.05) is 6.07 Å². The number of aryl methyl sites for hydroxylation is 1. The van der Waals surface area contributed by atoms with E-state index in [1.54, 1.807) is 31.6 Å². The number of aromatic nitrogens is 2. The van der Waals surface area contributed by atoms with Gasteiger partial charge >= 0.3 is 0 Å². The summed E-state index contributed by atoms with van der Waals surface area (Å²) >= 11 is 0. The van der Waals surface area contributed by atoms with Gasteiger partial charge in [0.2, 0.25) is 0 Å². The van der Waals surface area contributed by atoms with Gasteiger partial charge in [0.15, 0.2) is 0 Å². The Hall–Kier alpha value is -1.88. The Morgan fingerprint density at radius 1 is 1.47 bits per heavy atom. The summed E-state index contributed by atoms with van der Waals surface area (Å²) in [6, 6.07) is 4.43. The molecule has 2 N–H and O–H groups in total. The lowest BCUT2D eigenvalue weighted by Gasteiger charge is -2.11. The maximum Gasteiger partial charge on any atom is 0.131 e. The van der Waals surface area contributed by atoms with Crippen LogP contribution >= 0.6 is 0 Å². The fourth-order valence-electron chi connectivity index (χ4n) is 1.88. The topological polar surface area (TPSA) is 53.1 Å². The van der Waals surface area contributed by atoms with Crippen molar-refractivity contribution in [2.75, 3.05) is 0 Å². The van der Waals surface area contributed by atoms with Crippen LogP contribution in [0.1, 0.15) is 31.1 Å². The first-order valence-corrected chi connectivity index (χ1v) is 6.28. The van der Waals surface area contributed by atoms with Crippen molar-refractivity contribution in [3.8, 4) is 5.75 Å². The van der Waals surface area contributed by atoms with E-state index in [0.29, 0.717) is 17.9 Å². The third-order valence-corrected chi connectivity index (χ3v) is 2.99. The third-order valence-electron chi connectivity index (χ3n) is 2.99. The van der Waals surface area contributed by atoms with Gasteiger partial charge in [0.25, 0.3) is 0 Å². The number of hydrogen-bond acceptors (Lipinski definition) is 3. The number of halogens is 1. The van der Waals surface area contributed by atoms with Gasteiger partial charge in [0.05, 0.1) is 18.2 Å². The maximum atomic E-state index is 13.7. The molecule has 1 atom stereocenters. The number of imidazole rings is 1. The fraction of sp³-hybridized carbons (Fsp3) is 0.357. The van der Waals surface area contributed by atoms with Crippen LogP contribution < -0.4 is 10.5 Å². The molecule has 102 valence electrons. The third kappa shape index (κ3) is 3.12. The molecular weight excluding hydrogens is 245 g/mol. The fourth-order valence-corrected chi connectivity index (χ4v) is 1.88. The van der Waals surface area contributed by atoms with E-state index in [1.807, 2.05) is 11.5 Å². The van der Waals surface area contributed by atoms with Gasteiger partial charge in [0, 0.05) is 24.2 Å². The normalized spacial score (nSPS) is 12.4. The van der Waals surface area contributed by atoms with E-state index in [0.717, 1.165) is 12.2 Å². The van der Waals surface area contributed by atoms with Crippen molar-refractivity contribution in [3.05, 3.63) is 47.8 Å². The van der Waals surface area contributed by atoms with Crippen LogP contribution in [0.15, 0.2) is 30.7 Å². The second kappa shape index (κ2) is 5.84. The zero-order chi connectivity index (χ0) is 13.8. The maximum absolute atomic E-state index is 13.7. The van der Waals surface area contributed by atoms with Crippen LogP contribution in [-0.4, -0.2) is 9.55 Å². The molecule has 0 saturated carbocycles. The summed E-state index contributed by atoms with van der Waals surface area (Å²) in [5.41, 5.74) is 7.11. The van der Waals surface area contributed by atoms with Crippen molar-refractivity contribution >= 4 is 0 Å². The molecule has 0 unspecified atom stereocenters. The molecule has 2 aromatic rings. The highest BCUT2D eigenvalue weighted by Gasteiger charge is 2.08. The average molecular weight is 263 g/mol. The van der Waals surface area contributed by atoms with Crippen molar-refractivity contribution in [2.24, 2.45) is 5.73 Å². The van der Waals surface area contributed by atoms with Gasteiger partial charge in [-0.15, -0.1) is 0 Å². The molecule has 1 aromatic heterocycles. The minimum Gasteiger partial charge on any atom is -0.487 e. The van der Waals surface area contributed by atoms with Crippen LogP contribution in [0.25, 0.3) is 0 Å². The van der Waals surface area contributed by atoms with E-state index in [9.17, 15) is 4.39 Å². The zero-order valence-electron chi connectivity index (χ0n) is 11.1. The van der Waals surface area contributed by atoms with Crippen LogP contribution in [-0.2, 0) is 13.2 Å². The quantitative estimate of drug-likeness (QED) is 0.902. The number of ether oxygens (including phenoxy) is 1. The van der Waals surface area contributed by atoms with E-state index >= 15 is 0 Å². The van der Waals surface area contributed by atoms with E-state index in [4.69, 9.17) is 10.5 Å². The minimum absolute atomic E-state index is 0.324. The highest BCUT2D eigenvalue weighted by Crippen LogP contribution is 2.21. The van der Waals surface area contributed by atoms with Crippen molar-refractivity contribution in [1.29, 1.82) is 0 Å². The van der Waals surface area contributed by atoms with Gasteiger partial charge in [-0.3, -0.25) is 0 Å². The number of hydrogen-bond donors (Lipinski definition) is 1. The molecule has 0 aliphatic heterocycles. The lowest BCUT2D eigenvalue weighted by Crippen LogP contribution is -2.08. The first kappa shape index (κ1) is 13.5. The van der Waals surface area contributed by atoms with Gasteiger partial charge in [0.1, 0.15) is 18.2 Å². The Morgan fingerprint density at radius 2 is 2.26 bits per heavy atom. The summed E-state index contributed by atoms with van der Waals surface area (Å²) in [5, 5.41) is 0. The first-order chi connectivity index (χ1) is 9.11. The average Bonchev–Trinajstić information content (AvgIpc) is 2.83. The molecule has 0 saturated heterocycles. The number of nitrogens with two attached hydrogens (primary N) is 1. The van der Waals surface area contributed by atoms with Crippen LogP contribution in [0, 0.1) is 5.82 Å². The van der Waals surface area contributed by atoms with Crippen LogP contribution in [0.3, 0.4) is 0 Å². The second-order valence-corrected chi connectivity index (χ2v) is 4.43. The van der Waals surface area contributed by atoms with E-state index in [-0.39, 0.29) is 11.9 Å². The highest BCUT2D eigenvalue weighted by atomic mass is 19.1. The van der Waals surface area contributed by atoms with Crippen molar-refractivity contribution in [3.63, 3.8) is 0 Å². The summed E-state index contributed by atoms with van der Waals surface area (Å²) in [6.07, 6.45) is 3.49. The van der Waals surface area contributed by atoms with Gasteiger partial charge < -0.3 is 15.0 Å². The van der Waals surface area contributed by atoms with Crippen molar-refractivity contribution < 1.29 is 9.13 Å². The second-order valence-electron chi connectivity index (χ2n) is 4.43. The molecule has 0 amide bonds. The monoisotopic (exact) mass is 263 g/mol. The summed E-state index contributed by atoms with van der Waals surface area (Å²) in [6.45, 7) is 4.97. The zero-order valence-corrected chi connectivity index (χ0v) is 11.1. The smallest absolute Gasteiger partial charge is 0.131 e. The Bertz CT molecular complexity index is 551. The van der Waals surface area contributed by atoms with Crippen LogP contribution in [0.5, 0.6) is 5.75 Å². The van der Waals surface area contributed by atoms with Crippen LogP contribution in [0.4, 0.5) is 4.39 Å². The van der Waals surface area contributed by atoms with Gasteiger partial charge in [-0.25, -0.2) is 9.37 Å². The molecule has 1 aromatic carbocycles. The van der Waals surface area contributed by atoms with E-state index < -0.39 is 0 Å². The molecule has 0 fully saturated rings. The minimum atomic E-state index is -0.337. The van der Waals surface area contributed by atoms with Crippen LogP contribution in [0.2, 0.25) is 0 Å². The summed E-state index contributed by atoms with van der Waals surface area (Å²) in [7, 11) is 0. The molecule has 0 bridgehead atoms. The molecule has 0 aliphatic rings. The highest BCUT2D eigenvalue weighted by molar-refractivity contribution is 5.30. The predicted molar refractivity (Wildman–Crippen MR) is 71.2 cm³/mol. The Labute approximate surface area is 112 Å². The summed E-state index contributed by atoms with van der Waals surface area (Å²) < 4.78 is 21.3. The van der Waals surface area contributed by atoms with Gasteiger partial charge in [-0.2, -0.15) is 0 Å². The Balaban J connectivity index is 2.06. The SMILES string of the molecule is CCn1cncc1COc1ccc([C@H](C)N)c(F)c1. The van der Waals surface area contributed by atoms with Crippen molar-refractivity contribution in [2.45, 2.75) is 33.0 Å². The first-order valence-electron chi connectivity index (χ1n) is 6.28. The molecule has 4 nitrogen and oxygen atoms in total. The van der Waals surface area contributed by atoms with E-state index in [1.165, 1.54) is 6.07 Å². The molecule has 19 heavy (non-hydrogen) atoms. The van der Waals surface area contributed by atoms with Gasteiger partial charge in [-0.05, 0) is 19.9 Å². The Morgan fingerprint density at radius 3 is 2.89 bits per heavy atom. The molecular formula is C14H18FN3O. The number of rotatable bonds is 5. The molecule has 0 radical (unpaired) electrons. The largest absolute Gasteiger partial charge is 0.487 e. The molecule has 2 rings (SSSR count). The molecule has 1 heterocycles. The number of benzene rings is 1. The van der Waals surface area contributed by atoms with E-state index in [2.05, 4.69) is 4.98 Å². The molecule has 0 spiro atoms. The molecule has 5 heteroatoms. The number of nitrogens with zero attached hydrogens (tertiary/aromatic N) is 2. The molecule has 0 aliphatic carbocycles. The van der Waals surface area contributed by atoms with Crippen molar-refractivity contribution in [1.82, 2.24) is 9.55 Å². The summed E-state index contributed by atoms with van der Waals surface area (Å²) in [5.74, 6) is 0.155. The Kier molecular flexibility index (Phi) is 4.16. The predicted octanol–water partition coefficient (Wildman–Crippen LogP) is 2.64. The lowest BCUT2D eigenvalue weighted by atomic mass is 10.1.